The molecule has 0 radical (unpaired) electrons. The van der Waals surface area contributed by atoms with E-state index in [-0.39, 0.29) is 18.0 Å². The maximum atomic E-state index is 13.7. The van der Waals surface area contributed by atoms with Gasteiger partial charge in [-0.1, -0.05) is 56.7 Å². The van der Waals surface area contributed by atoms with E-state index in [0.717, 1.165) is 29.2 Å². The van der Waals surface area contributed by atoms with Crippen molar-refractivity contribution < 1.29 is 9.53 Å². The molecule has 0 saturated heterocycles. The molecule has 0 aliphatic heterocycles. The minimum atomic E-state index is -0.00457. The van der Waals surface area contributed by atoms with Crippen molar-refractivity contribution in [1.29, 1.82) is 0 Å². The minimum absolute atomic E-state index is 0.00457. The molecule has 2 aromatic rings. The lowest BCUT2D eigenvalue weighted by Crippen LogP contribution is -2.50. The molecule has 0 spiro atoms. The number of carbonyl (C=O) groups excluding carboxylic acids is 1. The third-order valence-electron chi connectivity index (χ3n) is 5.85. The Hall–Kier alpha value is -1.60. The van der Waals surface area contributed by atoms with Gasteiger partial charge in [-0.05, 0) is 36.1 Å². The van der Waals surface area contributed by atoms with Gasteiger partial charge in [-0.15, -0.1) is 0 Å². The predicted octanol–water partition coefficient (Wildman–Crippen LogP) is 3.97. The van der Waals surface area contributed by atoms with Gasteiger partial charge < -0.3 is 20.7 Å². The Balaban J connectivity index is 2.25. The first kappa shape index (κ1) is 25.7. The van der Waals surface area contributed by atoms with Crippen LogP contribution in [0, 0.1) is 5.92 Å². The quantitative estimate of drug-likeness (QED) is 0.304. The van der Waals surface area contributed by atoms with Crippen molar-refractivity contribution in [3.05, 3.63) is 48.0 Å². The van der Waals surface area contributed by atoms with Gasteiger partial charge in [0, 0.05) is 56.2 Å². The summed E-state index contributed by atoms with van der Waals surface area (Å²) in [6, 6.07) is 14.2. The Morgan fingerprint density at radius 2 is 1.94 bits per heavy atom. The molecule has 2 aromatic carbocycles. The zero-order valence-electron chi connectivity index (χ0n) is 19.2. The molecule has 0 bridgehead atoms. The van der Waals surface area contributed by atoms with Gasteiger partial charge in [0.25, 0.3) is 5.91 Å². The summed E-state index contributed by atoms with van der Waals surface area (Å²) in [4.78, 5) is 15.7. The standard InChI is InChI=1S/C25H39N3O2S/c1-4-19(3)24(27-16-21(26)18-31)17-28(14-9-15-30-5-2)25(29)23-13-8-11-20-10-6-7-12-22(20)23/h6-8,10-13,19,21,24,27,31H,4-5,9,14-18,26H2,1-3H3/t19-,21+,24+/m0/s1. The summed E-state index contributed by atoms with van der Waals surface area (Å²) in [6.07, 6.45) is 1.84. The van der Waals surface area contributed by atoms with Crippen molar-refractivity contribution in [3.8, 4) is 0 Å². The van der Waals surface area contributed by atoms with Gasteiger partial charge in [0.15, 0.2) is 0 Å². The van der Waals surface area contributed by atoms with Gasteiger partial charge in [-0.25, -0.2) is 0 Å². The molecule has 31 heavy (non-hydrogen) atoms. The molecule has 172 valence electrons. The van der Waals surface area contributed by atoms with Gasteiger partial charge in [0.2, 0.25) is 0 Å². The second-order valence-electron chi connectivity index (χ2n) is 8.17. The van der Waals surface area contributed by atoms with Gasteiger partial charge in [-0.2, -0.15) is 12.6 Å². The molecular weight excluding hydrogens is 406 g/mol. The van der Waals surface area contributed by atoms with Crippen molar-refractivity contribution in [2.45, 2.75) is 45.7 Å². The highest BCUT2D eigenvalue weighted by Gasteiger charge is 2.24. The number of nitrogens with two attached hydrogens (primary N) is 1. The van der Waals surface area contributed by atoms with Gasteiger partial charge in [0.05, 0.1) is 0 Å². The molecule has 0 saturated carbocycles. The summed E-state index contributed by atoms with van der Waals surface area (Å²) < 4.78 is 5.53. The maximum Gasteiger partial charge on any atom is 0.254 e. The van der Waals surface area contributed by atoms with E-state index in [0.29, 0.717) is 44.5 Å². The van der Waals surface area contributed by atoms with Gasteiger partial charge in [-0.3, -0.25) is 4.79 Å². The second kappa shape index (κ2) is 13.7. The second-order valence-corrected chi connectivity index (χ2v) is 8.54. The Labute approximate surface area is 193 Å². The van der Waals surface area contributed by atoms with E-state index in [2.05, 4.69) is 31.8 Å². The predicted molar refractivity (Wildman–Crippen MR) is 134 cm³/mol. The first-order chi connectivity index (χ1) is 15.0. The number of amides is 1. The fraction of sp³-hybridized carbons (Fsp3) is 0.560. The lowest BCUT2D eigenvalue weighted by atomic mass is 9.97. The molecule has 6 heteroatoms. The molecule has 0 aromatic heterocycles. The SMILES string of the molecule is CCOCCCN(C[C@@H](NC[C@@H](N)CS)[C@@H](C)CC)C(=O)c1cccc2ccccc12. The monoisotopic (exact) mass is 445 g/mol. The third-order valence-corrected chi connectivity index (χ3v) is 6.32. The molecule has 0 unspecified atom stereocenters. The third kappa shape index (κ3) is 7.79. The first-order valence-electron chi connectivity index (χ1n) is 11.5. The highest BCUT2D eigenvalue weighted by Crippen LogP contribution is 2.21. The lowest BCUT2D eigenvalue weighted by Gasteiger charge is -2.32. The Kier molecular flexibility index (Phi) is 11.4. The first-order valence-corrected chi connectivity index (χ1v) is 12.1. The summed E-state index contributed by atoms with van der Waals surface area (Å²) in [6.45, 7) is 9.74. The largest absolute Gasteiger partial charge is 0.382 e. The molecule has 3 atom stereocenters. The van der Waals surface area contributed by atoms with Crippen molar-refractivity contribution >= 4 is 29.3 Å². The number of fused-ring (bicyclic) bond motifs is 1. The average molecular weight is 446 g/mol. The fourth-order valence-corrected chi connectivity index (χ4v) is 3.82. The number of hydrogen-bond acceptors (Lipinski definition) is 5. The van der Waals surface area contributed by atoms with Crippen LogP contribution in [0.2, 0.25) is 0 Å². The van der Waals surface area contributed by atoms with Crippen LogP contribution in [0.25, 0.3) is 10.8 Å². The van der Waals surface area contributed by atoms with E-state index in [1.807, 2.05) is 54.3 Å². The highest BCUT2D eigenvalue weighted by atomic mass is 32.1. The number of rotatable bonds is 14. The smallest absolute Gasteiger partial charge is 0.254 e. The zero-order chi connectivity index (χ0) is 22.6. The minimum Gasteiger partial charge on any atom is -0.382 e. The number of nitrogens with one attached hydrogen (secondary N) is 1. The van der Waals surface area contributed by atoms with Crippen LogP contribution in [0.3, 0.4) is 0 Å². The van der Waals surface area contributed by atoms with Crippen molar-refractivity contribution in [2.24, 2.45) is 11.7 Å². The van der Waals surface area contributed by atoms with Crippen LogP contribution in [-0.2, 0) is 4.74 Å². The number of ether oxygens (including phenoxy) is 1. The number of hydrogen-bond donors (Lipinski definition) is 3. The molecule has 0 aliphatic rings. The van der Waals surface area contributed by atoms with Gasteiger partial charge in [0.1, 0.15) is 0 Å². The Bertz CT molecular complexity index is 796. The van der Waals surface area contributed by atoms with E-state index in [1.165, 1.54) is 0 Å². The Morgan fingerprint density at radius 3 is 2.65 bits per heavy atom. The van der Waals surface area contributed by atoms with E-state index in [1.54, 1.807) is 0 Å². The van der Waals surface area contributed by atoms with Crippen LogP contribution >= 0.6 is 12.6 Å². The summed E-state index contributed by atoms with van der Waals surface area (Å²) in [7, 11) is 0. The van der Waals surface area contributed by atoms with Crippen LogP contribution in [0.4, 0.5) is 0 Å². The van der Waals surface area contributed by atoms with Crippen LogP contribution in [0.1, 0.15) is 44.0 Å². The molecule has 0 aliphatic carbocycles. The summed E-state index contributed by atoms with van der Waals surface area (Å²) in [5, 5.41) is 5.68. The maximum absolute atomic E-state index is 13.7. The van der Waals surface area contributed by atoms with Crippen LogP contribution in [-0.4, -0.2) is 61.5 Å². The van der Waals surface area contributed by atoms with E-state index >= 15 is 0 Å². The van der Waals surface area contributed by atoms with Crippen LogP contribution in [0.5, 0.6) is 0 Å². The molecule has 1 amide bonds. The van der Waals surface area contributed by atoms with Crippen molar-refractivity contribution in [3.63, 3.8) is 0 Å². The topological polar surface area (TPSA) is 67.6 Å². The molecule has 0 fully saturated rings. The number of thiol groups is 1. The van der Waals surface area contributed by atoms with E-state index < -0.39 is 0 Å². The van der Waals surface area contributed by atoms with Crippen molar-refractivity contribution in [1.82, 2.24) is 10.2 Å². The summed E-state index contributed by atoms with van der Waals surface area (Å²) >= 11 is 4.30. The molecule has 2 rings (SSSR count). The van der Waals surface area contributed by atoms with E-state index in [9.17, 15) is 4.79 Å². The lowest BCUT2D eigenvalue weighted by molar-refractivity contribution is 0.0693. The average Bonchev–Trinajstić information content (AvgIpc) is 2.81. The molecule has 3 N–H and O–H groups in total. The number of benzene rings is 2. The summed E-state index contributed by atoms with van der Waals surface area (Å²) in [5.74, 6) is 1.12. The van der Waals surface area contributed by atoms with Gasteiger partial charge >= 0.3 is 0 Å². The fourth-order valence-electron chi connectivity index (χ4n) is 3.69. The highest BCUT2D eigenvalue weighted by molar-refractivity contribution is 7.80. The molecule has 5 nitrogen and oxygen atoms in total. The van der Waals surface area contributed by atoms with E-state index in [4.69, 9.17) is 10.5 Å². The molecule has 0 heterocycles. The number of carbonyl (C=O) groups is 1. The number of nitrogens with zero attached hydrogens (tertiary/aromatic N) is 1. The van der Waals surface area contributed by atoms with Crippen LogP contribution in [0.15, 0.2) is 42.5 Å². The molecular formula is C25H39N3O2S. The van der Waals surface area contributed by atoms with Crippen LogP contribution < -0.4 is 11.1 Å². The normalized spacial score (nSPS) is 14.4. The Morgan fingerprint density at radius 1 is 1.19 bits per heavy atom. The zero-order valence-corrected chi connectivity index (χ0v) is 20.1. The van der Waals surface area contributed by atoms with Crippen molar-refractivity contribution in [2.75, 3.05) is 38.6 Å². The summed E-state index contributed by atoms with van der Waals surface area (Å²) in [5.41, 5.74) is 6.84.